The van der Waals surface area contributed by atoms with Crippen LogP contribution >= 0.6 is 0 Å². The van der Waals surface area contributed by atoms with Crippen molar-refractivity contribution < 1.29 is 19.8 Å². The molecule has 1 rings (SSSR count). The fourth-order valence-electron chi connectivity index (χ4n) is 1.15. The third-order valence-electron chi connectivity index (χ3n) is 1.68. The number of aliphatic hydroxyl groups is 1. The Morgan fingerprint density at radius 1 is 1.64 bits per heavy atom. The Bertz CT molecular complexity index is 181. The van der Waals surface area contributed by atoms with Crippen LogP contribution < -0.4 is 0 Å². The number of carboxylic acids is 1. The zero-order valence-corrected chi connectivity index (χ0v) is 5.73. The van der Waals surface area contributed by atoms with E-state index in [4.69, 9.17) is 10.2 Å². The van der Waals surface area contributed by atoms with E-state index < -0.39 is 18.1 Å². The number of carbonyl (C=O) groups excluding carboxylic acids is 1. The number of aliphatic hydroxyl groups excluding tert-OH is 1. The van der Waals surface area contributed by atoms with Gasteiger partial charge >= 0.3 is 12.4 Å². The maximum Gasteiger partial charge on any atom is 0.326 e. The van der Waals surface area contributed by atoms with Crippen LogP contribution in [-0.2, 0) is 9.59 Å². The van der Waals surface area contributed by atoms with Gasteiger partial charge in [0.15, 0.2) is 0 Å². The van der Waals surface area contributed by atoms with Gasteiger partial charge in [-0.15, -0.1) is 0 Å². The predicted molar refractivity (Wildman–Crippen MR) is 34.4 cm³/mol. The van der Waals surface area contributed by atoms with Crippen molar-refractivity contribution in [2.24, 2.45) is 0 Å². The van der Waals surface area contributed by atoms with Crippen LogP contribution in [0.3, 0.4) is 0 Å². The molecule has 0 saturated carbocycles. The third-order valence-corrected chi connectivity index (χ3v) is 1.68. The lowest BCUT2D eigenvalue weighted by molar-refractivity contribution is -0.141. The van der Waals surface area contributed by atoms with Crippen LogP contribution in [-0.4, -0.2) is 46.2 Å². The molecular weight excluding hydrogens is 150 g/mol. The molecule has 0 aromatic heterocycles. The van der Waals surface area contributed by atoms with Crippen molar-refractivity contribution in [3.8, 4) is 0 Å². The Balaban J connectivity index is 2.64. The molecule has 2 N–H and O–H groups in total. The maximum absolute atomic E-state index is 10.4. The van der Waals surface area contributed by atoms with Gasteiger partial charge in [0.2, 0.25) is 0 Å². The zero-order chi connectivity index (χ0) is 8.43. The predicted octanol–water partition coefficient (Wildman–Crippen LogP) is -1.43. The third kappa shape index (κ3) is 1.48. The lowest BCUT2D eigenvalue weighted by Gasteiger charge is -2.12. The Kier molecular flexibility index (Phi) is 2.09. The largest absolute Gasteiger partial charge is 0.480 e. The van der Waals surface area contributed by atoms with Crippen molar-refractivity contribution in [2.75, 3.05) is 6.54 Å². The van der Waals surface area contributed by atoms with Crippen LogP contribution in [0.25, 0.3) is 0 Å². The van der Waals surface area contributed by atoms with Crippen molar-refractivity contribution in [1.29, 1.82) is 0 Å². The average molecular weight is 158 g/mol. The van der Waals surface area contributed by atoms with E-state index in [2.05, 4.69) is 0 Å². The molecule has 1 heterocycles. The molecular formula is C6H8NO4. The molecule has 0 unspecified atom stereocenters. The summed E-state index contributed by atoms with van der Waals surface area (Å²) in [5.41, 5.74) is 0. The Hall–Kier alpha value is -1.10. The first kappa shape index (κ1) is 8.00. The highest BCUT2D eigenvalue weighted by Gasteiger charge is 2.35. The number of rotatable bonds is 2. The quantitative estimate of drug-likeness (QED) is 0.516. The van der Waals surface area contributed by atoms with E-state index in [1.54, 1.807) is 0 Å². The number of carbonyl (C=O) groups is 1. The molecule has 0 aromatic carbocycles. The second-order valence-electron chi connectivity index (χ2n) is 2.49. The van der Waals surface area contributed by atoms with Gasteiger partial charge in [-0.3, -0.25) is 4.79 Å². The van der Waals surface area contributed by atoms with Crippen LogP contribution in [0.15, 0.2) is 0 Å². The van der Waals surface area contributed by atoms with E-state index in [0.29, 0.717) is 0 Å². The first-order chi connectivity index (χ1) is 5.15. The summed E-state index contributed by atoms with van der Waals surface area (Å²) in [6.07, 6.45) is 0.846. The number of aliphatic carboxylic acids is 1. The second-order valence-corrected chi connectivity index (χ2v) is 2.49. The highest BCUT2D eigenvalue weighted by molar-refractivity contribution is 5.77. The molecule has 2 atom stereocenters. The van der Waals surface area contributed by atoms with Crippen molar-refractivity contribution in [2.45, 2.75) is 18.6 Å². The van der Waals surface area contributed by atoms with Crippen molar-refractivity contribution in [3.05, 3.63) is 0 Å². The van der Waals surface area contributed by atoms with Gasteiger partial charge in [0.1, 0.15) is 6.04 Å². The molecule has 1 fully saturated rings. The normalized spacial score (nSPS) is 30.5. The molecule has 11 heavy (non-hydrogen) atoms. The molecule has 0 aromatic rings. The Labute approximate surface area is 63.2 Å². The molecule has 1 aliphatic rings. The molecule has 0 bridgehead atoms. The van der Waals surface area contributed by atoms with Crippen LogP contribution in [0.1, 0.15) is 6.42 Å². The number of β-amino-alcohol motifs (C(OH)–C–C–N with tert-alkyl or cyclic N) is 1. The Morgan fingerprint density at radius 2 is 2.27 bits per heavy atom. The standard InChI is InChI=1S/C6H8NO4/c8-3-7-2-4(9)1-5(7)6(10)11/h4-5,9H,1-2H2,(H,10,11)/t4-,5-/m0/s1. The summed E-state index contributed by atoms with van der Waals surface area (Å²) < 4.78 is 0. The summed E-state index contributed by atoms with van der Waals surface area (Å²) >= 11 is 0. The van der Waals surface area contributed by atoms with Gasteiger partial charge in [0.05, 0.1) is 6.10 Å². The molecule has 1 saturated heterocycles. The van der Waals surface area contributed by atoms with Crippen molar-refractivity contribution in [1.82, 2.24) is 4.90 Å². The minimum Gasteiger partial charge on any atom is -0.480 e. The summed E-state index contributed by atoms with van der Waals surface area (Å²) in [7, 11) is 0. The number of amides is 1. The maximum atomic E-state index is 10.4. The molecule has 5 heteroatoms. The van der Waals surface area contributed by atoms with Crippen LogP contribution in [0, 0.1) is 0 Å². The molecule has 1 radical (unpaired) electrons. The van der Waals surface area contributed by atoms with Gasteiger partial charge in [-0.2, -0.15) is 0 Å². The average Bonchev–Trinajstić information content (AvgIpc) is 2.30. The first-order valence-electron chi connectivity index (χ1n) is 3.20. The summed E-state index contributed by atoms with van der Waals surface area (Å²) in [5.74, 6) is -1.09. The van der Waals surface area contributed by atoms with Gasteiger partial charge in [-0.1, -0.05) is 0 Å². The van der Waals surface area contributed by atoms with Crippen molar-refractivity contribution >= 4 is 12.4 Å². The number of likely N-dealkylation sites (tertiary alicyclic amines) is 1. The topological polar surface area (TPSA) is 77.8 Å². The summed E-state index contributed by atoms with van der Waals surface area (Å²) in [4.78, 5) is 21.4. The molecule has 0 aliphatic carbocycles. The lowest BCUT2D eigenvalue weighted by Crippen LogP contribution is -2.34. The van der Waals surface area contributed by atoms with Gasteiger partial charge in [0, 0.05) is 13.0 Å². The second kappa shape index (κ2) is 2.87. The summed E-state index contributed by atoms with van der Waals surface area (Å²) in [6.45, 7) is 0.0699. The van der Waals surface area contributed by atoms with Crippen LogP contribution in [0.5, 0.6) is 0 Å². The van der Waals surface area contributed by atoms with E-state index >= 15 is 0 Å². The molecule has 1 aliphatic heterocycles. The number of hydrogen-bond donors (Lipinski definition) is 2. The van der Waals surface area contributed by atoms with Gasteiger partial charge < -0.3 is 15.1 Å². The van der Waals surface area contributed by atoms with Crippen LogP contribution in [0.4, 0.5) is 0 Å². The summed E-state index contributed by atoms with van der Waals surface area (Å²) in [5, 5.41) is 17.5. The van der Waals surface area contributed by atoms with Gasteiger partial charge in [-0.25, -0.2) is 4.79 Å². The highest BCUT2D eigenvalue weighted by atomic mass is 16.4. The minimum absolute atomic E-state index is 0.0699. The number of hydrogen-bond acceptors (Lipinski definition) is 3. The van der Waals surface area contributed by atoms with Crippen molar-refractivity contribution in [3.63, 3.8) is 0 Å². The fraction of sp³-hybridized carbons (Fsp3) is 0.667. The molecule has 1 amide bonds. The van der Waals surface area contributed by atoms with E-state index in [1.165, 1.54) is 6.41 Å². The zero-order valence-electron chi connectivity index (χ0n) is 5.73. The lowest BCUT2D eigenvalue weighted by atomic mass is 10.2. The molecule has 61 valence electrons. The highest BCUT2D eigenvalue weighted by Crippen LogP contribution is 2.15. The fourth-order valence-corrected chi connectivity index (χ4v) is 1.15. The number of carboxylic acid groups (broad SMARTS) is 1. The first-order valence-corrected chi connectivity index (χ1v) is 3.20. The molecule has 0 spiro atoms. The minimum atomic E-state index is -1.09. The van der Waals surface area contributed by atoms with E-state index in [9.17, 15) is 9.59 Å². The van der Waals surface area contributed by atoms with Crippen LogP contribution in [0.2, 0.25) is 0 Å². The number of nitrogens with zero attached hydrogens (tertiary/aromatic N) is 1. The Morgan fingerprint density at radius 3 is 2.64 bits per heavy atom. The monoisotopic (exact) mass is 158 g/mol. The van der Waals surface area contributed by atoms with E-state index in [-0.39, 0.29) is 13.0 Å². The van der Waals surface area contributed by atoms with Gasteiger partial charge in [-0.05, 0) is 0 Å². The smallest absolute Gasteiger partial charge is 0.326 e. The summed E-state index contributed by atoms with van der Waals surface area (Å²) in [6, 6.07) is -0.900. The van der Waals surface area contributed by atoms with E-state index in [1.807, 2.05) is 0 Å². The molecule has 5 nitrogen and oxygen atoms in total. The van der Waals surface area contributed by atoms with E-state index in [0.717, 1.165) is 4.90 Å². The van der Waals surface area contributed by atoms with Gasteiger partial charge in [0.25, 0.3) is 0 Å². The SMILES string of the molecule is O=[C]N1C[C@@H](O)C[C@H]1C(=O)O.